The van der Waals surface area contributed by atoms with Gasteiger partial charge < -0.3 is 9.80 Å². The summed E-state index contributed by atoms with van der Waals surface area (Å²) in [7, 11) is 0. The van der Waals surface area contributed by atoms with Crippen molar-refractivity contribution in [3.8, 4) is 0 Å². The molecule has 2 aromatic heterocycles. The number of fused-ring (bicyclic) bond motifs is 1. The van der Waals surface area contributed by atoms with Crippen LogP contribution in [0, 0.1) is 17.0 Å². The molecule has 2 aliphatic rings. The van der Waals surface area contributed by atoms with Gasteiger partial charge in [0.15, 0.2) is 5.65 Å². The molecule has 7 nitrogen and oxygen atoms in total. The van der Waals surface area contributed by atoms with E-state index in [2.05, 4.69) is 15.1 Å². The Morgan fingerprint density at radius 3 is 2.67 bits per heavy atom. The first-order chi connectivity index (χ1) is 15.8. The number of anilines is 1. The summed E-state index contributed by atoms with van der Waals surface area (Å²) in [6.45, 7) is 1.23. The second-order valence-corrected chi connectivity index (χ2v) is 8.80. The summed E-state index contributed by atoms with van der Waals surface area (Å²) < 4.78 is 54.3. The number of benzene rings is 1. The highest BCUT2D eigenvalue weighted by Gasteiger charge is 2.45. The van der Waals surface area contributed by atoms with Crippen molar-refractivity contribution in [3.05, 3.63) is 47.8 Å². The van der Waals surface area contributed by atoms with Crippen LogP contribution in [0.3, 0.4) is 0 Å². The van der Waals surface area contributed by atoms with Crippen LogP contribution >= 0.6 is 0 Å². The Bertz CT molecular complexity index is 1190. The zero-order chi connectivity index (χ0) is 23.2. The first kappa shape index (κ1) is 21.6. The van der Waals surface area contributed by atoms with Gasteiger partial charge in [0.05, 0.1) is 12.4 Å². The third-order valence-electron chi connectivity index (χ3n) is 6.57. The van der Waals surface area contributed by atoms with Crippen LogP contribution in [-0.2, 0) is 17.9 Å². The number of likely N-dealkylation sites (tertiary alicyclic amines) is 1. The predicted octanol–water partition coefficient (Wildman–Crippen LogP) is 3.39. The highest BCUT2D eigenvalue weighted by Crippen LogP contribution is 2.42. The molecule has 0 saturated carbocycles. The fraction of sp³-hybridized carbons (Fsp3) is 0.455. The molecule has 0 aliphatic carbocycles. The third kappa shape index (κ3) is 4.23. The van der Waals surface area contributed by atoms with Crippen LogP contribution < -0.4 is 4.90 Å². The molecule has 2 saturated heterocycles. The molecule has 1 aromatic carbocycles. The first-order valence-corrected chi connectivity index (χ1v) is 10.8. The second kappa shape index (κ2) is 8.27. The van der Waals surface area contributed by atoms with E-state index in [9.17, 15) is 22.4 Å². The SMILES string of the molecule is O=C1CC2(CCN(c3cnc4cnn(CC(F)F)c4n3)CC2)CN1Cc1cc(F)ccc1F. The summed E-state index contributed by atoms with van der Waals surface area (Å²) in [6, 6.07) is 3.26. The number of nitrogens with zero attached hydrogens (tertiary/aromatic N) is 6. The number of aromatic nitrogens is 4. The number of halogens is 4. The van der Waals surface area contributed by atoms with Crippen molar-refractivity contribution in [2.24, 2.45) is 5.41 Å². The normalized spacial score (nSPS) is 18.3. The molecular formula is C22H22F4N6O. The van der Waals surface area contributed by atoms with E-state index in [1.165, 1.54) is 6.20 Å². The number of carbonyl (C=O) groups is 1. The first-order valence-electron chi connectivity index (χ1n) is 10.8. The molecule has 3 aromatic rings. The van der Waals surface area contributed by atoms with Gasteiger partial charge in [0.2, 0.25) is 5.91 Å². The van der Waals surface area contributed by atoms with Gasteiger partial charge in [-0.05, 0) is 31.0 Å². The molecule has 2 aliphatic heterocycles. The third-order valence-corrected chi connectivity index (χ3v) is 6.57. The van der Waals surface area contributed by atoms with Gasteiger partial charge in [0.25, 0.3) is 6.43 Å². The fourth-order valence-electron chi connectivity index (χ4n) is 4.80. The lowest BCUT2D eigenvalue weighted by Gasteiger charge is -2.39. The van der Waals surface area contributed by atoms with E-state index in [0.717, 1.165) is 35.7 Å². The summed E-state index contributed by atoms with van der Waals surface area (Å²) in [5.41, 5.74) is 0.704. The minimum absolute atomic E-state index is 0.0458. The lowest BCUT2D eigenvalue weighted by molar-refractivity contribution is -0.128. The standard InChI is InChI=1S/C22H22F4N6O/c23-15-1-2-16(24)14(7-15)11-31-13-22(8-20(31)33)3-5-30(6-4-22)19-10-27-17-9-28-32(12-18(25)26)21(17)29-19/h1-2,7,9-10,18H,3-6,8,11-13H2. The molecule has 4 heterocycles. The van der Waals surface area contributed by atoms with Gasteiger partial charge in [0.1, 0.15) is 29.5 Å². The molecular weight excluding hydrogens is 440 g/mol. The highest BCUT2D eigenvalue weighted by atomic mass is 19.3. The van der Waals surface area contributed by atoms with E-state index in [4.69, 9.17) is 0 Å². The molecule has 0 unspecified atom stereocenters. The number of hydrogen-bond donors (Lipinski definition) is 0. The number of carbonyl (C=O) groups excluding carboxylic acids is 1. The molecule has 1 amide bonds. The summed E-state index contributed by atoms with van der Waals surface area (Å²) in [6.07, 6.45) is 2.28. The van der Waals surface area contributed by atoms with Crippen molar-refractivity contribution in [3.63, 3.8) is 0 Å². The van der Waals surface area contributed by atoms with Crippen molar-refractivity contribution in [2.45, 2.75) is 38.8 Å². The number of alkyl halides is 2. The van der Waals surface area contributed by atoms with E-state index >= 15 is 0 Å². The van der Waals surface area contributed by atoms with Gasteiger partial charge in [0, 0.05) is 43.6 Å². The lowest BCUT2D eigenvalue weighted by atomic mass is 9.77. The topological polar surface area (TPSA) is 67.2 Å². The Hall–Kier alpha value is -3.24. The van der Waals surface area contributed by atoms with Crippen LogP contribution in [0.5, 0.6) is 0 Å². The van der Waals surface area contributed by atoms with Crippen molar-refractivity contribution >= 4 is 22.9 Å². The zero-order valence-corrected chi connectivity index (χ0v) is 17.7. The minimum atomic E-state index is -2.54. The van der Waals surface area contributed by atoms with Crippen molar-refractivity contribution in [1.29, 1.82) is 0 Å². The fourth-order valence-corrected chi connectivity index (χ4v) is 4.80. The van der Waals surface area contributed by atoms with Gasteiger partial charge in [-0.15, -0.1) is 0 Å². The van der Waals surface area contributed by atoms with Crippen LogP contribution in [0.2, 0.25) is 0 Å². The Balaban J connectivity index is 1.27. The smallest absolute Gasteiger partial charge is 0.258 e. The Kier molecular flexibility index (Phi) is 5.41. The lowest BCUT2D eigenvalue weighted by Crippen LogP contribution is -2.42. The summed E-state index contributed by atoms with van der Waals surface area (Å²) in [5, 5.41) is 3.94. The number of rotatable bonds is 5. The predicted molar refractivity (Wildman–Crippen MR) is 112 cm³/mol. The quantitative estimate of drug-likeness (QED) is 0.544. The molecule has 0 N–H and O–H groups in total. The Labute approximate surface area is 187 Å². The summed E-state index contributed by atoms with van der Waals surface area (Å²) >= 11 is 0. The molecule has 33 heavy (non-hydrogen) atoms. The van der Waals surface area contributed by atoms with E-state index in [1.807, 2.05) is 4.90 Å². The van der Waals surface area contributed by atoms with Crippen molar-refractivity contribution in [2.75, 3.05) is 24.5 Å². The summed E-state index contributed by atoms with van der Waals surface area (Å²) in [5.74, 6) is -0.547. The summed E-state index contributed by atoms with van der Waals surface area (Å²) in [4.78, 5) is 25.1. The average Bonchev–Trinajstić information content (AvgIpc) is 3.31. The van der Waals surface area contributed by atoms with Crippen LogP contribution in [0.25, 0.3) is 11.2 Å². The Morgan fingerprint density at radius 1 is 1.12 bits per heavy atom. The molecule has 0 radical (unpaired) electrons. The van der Waals surface area contributed by atoms with Crippen LogP contribution in [-0.4, -0.2) is 56.6 Å². The van der Waals surface area contributed by atoms with Crippen LogP contribution in [0.15, 0.2) is 30.6 Å². The van der Waals surface area contributed by atoms with Gasteiger partial charge in [-0.3, -0.25) is 4.79 Å². The van der Waals surface area contributed by atoms with Gasteiger partial charge in [-0.2, -0.15) is 5.10 Å². The zero-order valence-electron chi connectivity index (χ0n) is 17.7. The van der Waals surface area contributed by atoms with E-state index < -0.39 is 24.6 Å². The minimum Gasteiger partial charge on any atom is -0.355 e. The van der Waals surface area contributed by atoms with Crippen LogP contribution in [0.4, 0.5) is 23.4 Å². The maximum Gasteiger partial charge on any atom is 0.258 e. The number of amides is 1. The second-order valence-electron chi connectivity index (χ2n) is 8.80. The monoisotopic (exact) mass is 462 g/mol. The molecule has 11 heteroatoms. The molecule has 0 atom stereocenters. The van der Waals surface area contributed by atoms with Gasteiger partial charge in [-0.1, -0.05) is 0 Å². The van der Waals surface area contributed by atoms with Crippen LogP contribution in [0.1, 0.15) is 24.8 Å². The Morgan fingerprint density at radius 2 is 1.91 bits per heavy atom. The maximum atomic E-state index is 14.0. The van der Waals surface area contributed by atoms with Gasteiger partial charge in [-0.25, -0.2) is 32.2 Å². The molecule has 1 spiro atoms. The van der Waals surface area contributed by atoms with Crippen molar-refractivity contribution in [1.82, 2.24) is 24.6 Å². The molecule has 0 bridgehead atoms. The van der Waals surface area contributed by atoms with E-state index in [0.29, 0.717) is 43.0 Å². The number of piperidine rings is 1. The average molecular weight is 462 g/mol. The van der Waals surface area contributed by atoms with E-state index in [1.54, 1.807) is 11.1 Å². The highest BCUT2D eigenvalue weighted by molar-refractivity contribution is 5.79. The molecule has 5 rings (SSSR count). The largest absolute Gasteiger partial charge is 0.355 e. The maximum absolute atomic E-state index is 14.0. The molecule has 2 fully saturated rings. The van der Waals surface area contributed by atoms with E-state index in [-0.39, 0.29) is 23.4 Å². The van der Waals surface area contributed by atoms with Gasteiger partial charge >= 0.3 is 0 Å². The van der Waals surface area contributed by atoms with Crippen molar-refractivity contribution < 1.29 is 22.4 Å². The number of hydrogen-bond acceptors (Lipinski definition) is 5. The molecule has 174 valence electrons.